The highest BCUT2D eigenvalue weighted by Gasteiger charge is 2.10. The quantitative estimate of drug-likeness (QED) is 0.796. The van der Waals surface area contributed by atoms with E-state index in [2.05, 4.69) is 10.5 Å². The highest BCUT2D eigenvalue weighted by atomic mass is 16.4. The van der Waals surface area contributed by atoms with Crippen LogP contribution in [0.25, 0.3) is 5.57 Å². The van der Waals surface area contributed by atoms with E-state index in [1.165, 1.54) is 0 Å². The van der Waals surface area contributed by atoms with Crippen LogP contribution in [-0.2, 0) is 4.79 Å². The molecule has 0 atom stereocenters. The van der Waals surface area contributed by atoms with Gasteiger partial charge in [0.05, 0.1) is 11.8 Å². The number of hydrazone groups is 1. The predicted molar refractivity (Wildman–Crippen MR) is 70.9 cm³/mol. The molecule has 0 spiro atoms. The average molecular weight is 240 g/mol. The van der Waals surface area contributed by atoms with Crippen LogP contribution in [-0.4, -0.2) is 17.3 Å². The highest BCUT2D eigenvalue weighted by molar-refractivity contribution is 6.17. The molecule has 0 unspecified atom stereocenters. The first kappa shape index (κ1) is 11.9. The number of carboxylic acid groups (broad SMARTS) is 1. The van der Waals surface area contributed by atoms with Gasteiger partial charge in [-0.2, -0.15) is 5.10 Å². The highest BCUT2D eigenvalue weighted by Crippen LogP contribution is 2.16. The van der Waals surface area contributed by atoms with Gasteiger partial charge in [0, 0.05) is 6.20 Å². The van der Waals surface area contributed by atoms with E-state index in [0.29, 0.717) is 5.56 Å². The van der Waals surface area contributed by atoms with Gasteiger partial charge in [-0.25, -0.2) is 4.79 Å². The summed E-state index contributed by atoms with van der Waals surface area (Å²) in [5, 5.41) is 13.1. The standard InChI is InChI=1S/C14H12N2O2/c17-14(18)13(12-6-2-1-3-7-12)9-11-5-4-8-15-16-10-11/h1-10,15H,(H,17,18). The molecule has 0 radical (unpaired) electrons. The molecule has 0 fully saturated rings. The van der Waals surface area contributed by atoms with E-state index < -0.39 is 5.97 Å². The van der Waals surface area contributed by atoms with Crippen molar-refractivity contribution in [3.63, 3.8) is 0 Å². The Morgan fingerprint density at radius 2 is 2.06 bits per heavy atom. The van der Waals surface area contributed by atoms with Crippen LogP contribution < -0.4 is 5.43 Å². The molecule has 0 aliphatic carbocycles. The monoisotopic (exact) mass is 240 g/mol. The first-order chi connectivity index (χ1) is 8.77. The molecule has 0 bridgehead atoms. The Hall–Kier alpha value is -2.62. The number of rotatable bonds is 3. The lowest BCUT2D eigenvalue weighted by Gasteiger charge is -2.02. The zero-order chi connectivity index (χ0) is 12.8. The van der Waals surface area contributed by atoms with E-state index >= 15 is 0 Å². The summed E-state index contributed by atoms with van der Waals surface area (Å²) in [6, 6.07) is 9.00. The Bertz CT molecular complexity index is 554. The predicted octanol–water partition coefficient (Wildman–Crippen LogP) is 2.18. The van der Waals surface area contributed by atoms with Crippen molar-refractivity contribution in [1.82, 2.24) is 5.43 Å². The number of allylic oxidation sites excluding steroid dienone is 4. The maximum absolute atomic E-state index is 11.3. The fraction of sp³-hybridized carbons (Fsp3) is 0. The van der Waals surface area contributed by atoms with Crippen LogP contribution in [0.2, 0.25) is 0 Å². The summed E-state index contributed by atoms with van der Waals surface area (Å²) >= 11 is 0. The third-order valence-electron chi connectivity index (χ3n) is 2.37. The lowest BCUT2D eigenvalue weighted by molar-refractivity contribution is -0.130. The molecule has 1 heterocycles. The van der Waals surface area contributed by atoms with E-state index in [1.807, 2.05) is 18.2 Å². The SMILES string of the molecule is O=C(O)C(=CC1=CC=CNN=C1)c1ccccc1. The molecule has 1 aliphatic rings. The number of nitrogens with zero attached hydrogens (tertiary/aromatic N) is 1. The first-order valence-electron chi connectivity index (χ1n) is 5.43. The minimum Gasteiger partial charge on any atom is -0.478 e. The van der Waals surface area contributed by atoms with Gasteiger partial charge in [0.2, 0.25) is 0 Å². The third-order valence-corrected chi connectivity index (χ3v) is 2.37. The van der Waals surface area contributed by atoms with Crippen molar-refractivity contribution >= 4 is 17.8 Å². The van der Waals surface area contributed by atoms with Crippen LogP contribution in [0.1, 0.15) is 5.56 Å². The van der Waals surface area contributed by atoms with Gasteiger partial charge >= 0.3 is 5.97 Å². The second-order valence-corrected chi connectivity index (χ2v) is 3.64. The zero-order valence-corrected chi connectivity index (χ0v) is 9.58. The number of carboxylic acids is 1. The zero-order valence-electron chi connectivity index (χ0n) is 9.58. The minimum absolute atomic E-state index is 0.239. The Labute approximate surface area is 105 Å². The fourth-order valence-corrected chi connectivity index (χ4v) is 1.54. The topological polar surface area (TPSA) is 61.7 Å². The van der Waals surface area contributed by atoms with Gasteiger partial charge < -0.3 is 5.11 Å². The number of hydrogen-bond donors (Lipinski definition) is 2. The van der Waals surface area contributed by atoms with Gasteiger partial charge in [-0.05, 0) is 23.3 Å². The lowest BCUT2D eigenvalue weighted by Crippen LogP contribution is -2.00. The lowest BCUT2D eigenvalue weighted by atomic mass is 10.0. The van der Waals surface area contributed by atoms with Crippen molar-refractivity contribution in [2.45, 2.75) is 0 Å². The van der Waals surface area contributed by atoms with Crippen molar-refractivity contribution in [2.75, 3.05) is 0 Å². The molecule has 4 nitrogen and oxygen atoms in total. The molecule has 1 aromatic carbocycles. The molecule has 0 amide bonds. The van der Waals surface area contributed by atoms with E-state index in [0.717, 1.165) is 5.57 Å². The van der Waals surface area contributed by atoms with Crippen molar-refractivity contribution in [3.8, 4) is 0 Å². The molecule has 2 N–H and O–H groups in total. The second kappa shape index (κ2) is 5.63. The molecule has 1 aliphatic heterocycles. The molecule has 4 heteroatoms. The van der Waals surface area contributed by atoms with Crippen molar-refractivity contribution < 1.29 is 9.90 Å². The van der Waals surface area contributed by atoms with E-state index in [-0.39, 0.29) is 5.57 Å². The van der Waals surface area contributed by atoms with Crippen LogP contribution >= 0.6 is 0 Å². The Kier molecular flexibility index (Phi) is 3.71. The van der Waals surface area contributed by atoms with Gasteiger partial charge in [0.1, 0.15) is 0 Å². The first-order valence-corrected chi connectivity index (χ1v) is 5.43. The van der Waals surface area contributed by atoms with E-state index in [9.17, 15) is 9.90 Å². The number of nitrogens with one attached hydrogen (secondary N) is 1. The van der Waals surface area contributed by atoms with Crippen LogP contribution in [0, 0.1) is 0 Å². The second-order valence-electron chi connectivity index (χ2n) is 3.64. The minimum atomic E-state index is -0.961. The molecule has 1 aromatic rings. The summed E-state index contributed by atoms with van der Waals surface area (Å²) in [6.07, 6.45) is 8.39. The van der Waals surface area contributed by atoms with Crippen molar-refractivity contribution in [3.05, 3.63) is 65.9 Å². The summed E-state index contributed by atoms with van der Waals surface area (Å²) in [4.78, 5) is 11.3. The van der Waals surface area contributed by atoms with Crippen molar-refractivity contribution in [1.29, 1.82) is 0 Å². The Morgan fingerprint density at radius 1 is 1.28 bits per heavy atom. The van der Waals surface area contributed by atoms with Crippen LogP contribution in [0.15, 0.2) is 65.4 Å². The maximum atomic E-state index is 11.3. The molecule has 2 rings (SSSR count). The van der Waals surface area contributed by atoms with Crippen LogP contribution in [0.5, 0.6) is 0 Å². The normalized spacial score (nSPS) is 14.7. The third kappa shape index (κ3) is 2.95. The summed E-state index contributed by atoms with van der Waals surface area (Å²) < 4.78 is 0. The Morgan fingerprint density at radius 3 is 2.78 bits per heavy atom. The largest absolute Gasteiger partial charge is 0.478 e. The molecule has 90 valence electrons. The van der Waals surface area contributed by atoms with E-state index in [4.69, 9.17) is 0 Å². The van der Waals surface area contributed by atoms with Crippen LogP contribution in [0.3, 0.4) is 0 Å². The van der Waals surface area contributed by atoms with Gasteiger partial charge in [-0.1, -0.05) is 36.4 Å². The number of aliphatic carboxylic acids is 1. The molecule has 18 heavy (non-hydrogen) atoms. The number of carbonyl (C=O) groups is 1. The maximum Gasteiger partial charge on any atom is 0.336 e. The molecular weight excluding hydrogens is 228 g/mol. The molecule has 0 saturated carbocycles. The van der Waals surface area contributed by atoms with Crippen molar-refractivity contribution in [2.24, 2.45) is 5.10 Å². The number of benzene rings is 1. The summed E-state index contributed by atoms with van der Waals surface area (Å²) in [6.45, 7) is 0. The van der Waals surface area contributed by atoms with Crippen LogP contribution in [0.4, 0.5) is 0 Å². The van der Waals surface area contributed by atoms with Gasteiger partial charge in [0.15, 0.2) is 0 Å². The average Bonchev–Trinajstić information content (AvgIpc) is 2.65. The molecular formula is C14H12N2O2. The Balaban J connectivity index is 2.40. The molecule has 0 aromatic heterocycles. The summed E-state index contributed by atoms with van der Waals surface area (Å²) in [5.41, 5.74) is 4.31. The van der Waals surface area contributed by atoms with Gasteiger partial charge in [-0.15, -0.1) is 0 Å². The number of hydrogen-bond acceptors (Lipinski definition) is 3. The van der Waals surface area contributed by atoms with E-state index in [1.54, 1.807) is 42.8 Å². The molecule has 0 saturated heterocycles. The summed E-state index contributed by atoms with van der Waals surface area (Å²) in [7, 11) is 0. The smallest absolute Gasteiger partial charge is 0.336 e. The fourth-order valence-electron chi connectivity index (χ4n) is 1.54. The van der Waals surface area contributed by atoms with Gasteiger partial charge in [-0.3, -0.25) is 5.43 Å². The summed E-state index contributed by atoms with van der Waals surface area (Å²) in [5.74, 6) is -0.961. The van der Waals surface area contributed by atoms with Gasteiger partial charge in [0.25, 0.3) is 0 Å².